The number of carbonyl (C=O) groups excluding carboxylic acids is 1. The molecule has 5 rings (SSSR count). The van der Waals surface area contributed by atoms with Crippen LogP contribution >= 0.6 is 0 Å². The molecule has 0 spiro atoms. The minimum absolute atomic E-state index is 0. The van der Waals surface area contributed by atoms with E-state index in [4.69, 9.17) is 10.1 Å². The fourth-order valence-electron chi connectivity index (χ4n) is 4.33. The molecule has 165 valence electrons. The standard InChI is InChI=1S/C22H17N2.C5H8O2.Ir/c1-13-8-15-5-7-24-21-17-10-16-12-23-6-4-14(16)11-18(17)22(2,3)19(9-13)20(15)21;1-4(6)3-5(2)7;/h4-9,11-12H,1-3H3;3,6H,1-2H3;/q-1;;/b;4-3-;. The first-order valence-corrected chi connectivity index (χ1v) is 10.3. The average molecular weight is 602 g/mol. The molecule has 5 heteroatoms. The summed E-state index contributed by atoms with van der Waals surface area (Å²) < 4.78 is 0. The predicted octanol–water partition coefficient (Wildman–Crippen LogP) is 6.23. The summed E-state index contributed by atoms with van der Waals surface area (Å²) in [4.78, 5) is 19.0. The van der Waals surface area contributed by atoms with E-state index in [0.717, 1.165) is 16.6 Å². The zero-order valence-corrected chi connectivity index (χ0v) is 21.2. The molecule has 32 heavy (non-hydrogen) atoms. The van der Waals surface area contributed by atoms with E-state index in [1.165, 1.54) is 52.8 Å². The number of carbonyl (C=O) groups is 1. The number of nitrogens with zero attached hydrogens (tertiary/aromatic N) is 2. The molecule has 1 aliphatic rings. The van der Waals surface area contributed by atoms with Crippen molar-refractivity contribution in [3.63, 3.8) is 0 Å². The third-order valence-electron chi connectivity index (χ3n) is 5.69. The molecule has 2 heterocycles. The maximum atomic E-state index is 10.0. The maximum Gasteiger partial charge on any atom is 0.155 e. The zero-order chi connectivity index (χ0) is 22.3. The summed E-state index contributed by atoms with van der Waals surface area (Å²) in [6.45, 7) is 9.62. The van der Waals surface area contributed by atoms with Gasteiger partial charge in [0.2, 0.25) is 0 Å². The quantitative estimate of drug-likeness (QED) is 0.160. The number of pyridine rings is 2. The number of rotatable bonds is 1. The van der Waals surface area contributed by atoms with Crippen LogP contribution in [0.5, 0.6) is 0 Å². The monoisotopic (exact) mass is 602 g/mol. The molecule has 1 aliphatic carbocycles. The van der Waals surface area contributed by atoms with Gasteiger partial charge in [-0.25, -0.2) is 0 Å². The molecule has 0 saturated carbocycles. The van der Waals surface area contributed by atoms with Crippen LogP contribution in [0.25, 0.3) is 32.8 Å². The summed E-state index contributed by atoms with van der Waals surface area (Å²) >= 11 is 0. The van der Waals surface area contributed by atoms with Gasteiger partial charge in [0.25, 0.3) is 0 Å². The average Bonchev–Trinajstić information content (AvgIpc) is 2.70. The van der Waals surface area contributed by atoms with E-state index in [9.17, 15) is 4.79 Å². The summed E-state index contributed by atoms with van der Waals surface area (Å²) in [5, 5.41) is 13.1. The maximum absolute atomic E-state index is 10.0. The van der Waals surface area contributed by atoms with Gasteiger partial charge in [-0.1, -0.05) is 59.5 Å². The number of hydrogen-bond acceptors (Lipinski definition) is 4. The molecular weight excluding hydrogens is 577 g/mol. The van der Waals surface area contributed by atoms with Gasteiger partial charge < -0.3 is 10.1 Å². The second-order valence-corrected chi connectivity index (χ2v) is 8.61. The van der Waals surface area contributed by atoms with Gasteiger partial charge in [-0.3, -0.25) is 9.78 Å². The second-order valence-electron chi connectivity index (χ2n) is 8.61. The first-order valence-electron chi connectivity index (χ1n) is 10.3. The van der Waals surface area contributed by atoms with E-state index >= 15 is 0 Å². The molecule has 2 aromatic heterocycles. The molecule has 0 amide bonds. The van der Waals surface area contributed by atoms with Gasteiger partial charge in [0, 0.05) is 44.3 Å². The minimum Gasteiger partial charge on any atom is -0.512 e. The van der Waals surface area contributed by atoms with Crippen molar-refractivity contribution in [1.29, 1.82) is 0 Å². The van der Waals surface area contributed by atoms with Crippen LogP contribution in [0.15, 0.2) is 60.8 Å². The van der Waals surface area contributed by atoms with E-state index < -0.39 is 0 Å². The third-order valence-corrected chi connectivity index (χ3v) is 5.69. The molecule has 0 bridgehead atoms. The Kier molecular flexibility index (Phi) is 6.64. The topological polar surface area (TPSA) is 63.1 Å². The predicted molar refractivity (Wildman–Crippen MR) is 125 cm³/mol. The van der Waals surface area contributed by atoms with Crippen molar-refractivity contribution in [2.45, 2.75) is 40.0 Å². The van der Waals surface area contributed by atoms with E-state index in [1.807, 2.05) is 18.6 Å². The van der Waals surface area contributed by atoms with Crippen LogP contribution < -0.4 is 0 Å². The van der Waals surface area contributed by atoms with Gasteiger partial charge in [-0.2, -0.15) is 0 Å². The van der Waals surface area contributed by atoms with E-state index in [-0.39, 0.29) is 37.1 Å². The van der Waals surface area contributed by atoms with E-state index in [1.54, 1.807) is 0 Å². The van der Waals surface area contributed by atoms with Crippen LogP contribution in [0.4, 0.5) is 0 Å². The molecule has 0 saturated heterocycles. The van der Waals surface area contributed by atoms with Crippen LogP contribution in [0.2, 0.25) is 0 Å². The van der Waals surface area contributed by atoms with Crippen LogP contribution in [-0.4, -0.2) is 20.9 Å². The van der Waals surface area contributed by atoms with Crippen LogP contribution in [0.3, 0.4) is 0 Å². The molecule has 4 nitrogen and oxygen atoms in total. The molecule has 0 unspecified atom stereocenters. The summed E-state index contributed by atoms with van der Waals surface area (Å²) in [7, 11) is 0. The molecule has 4 aromatic rings. The molecule has 1 radical (unpaired) electrons. The van der Waals surface area contributed by atoms with Crippen LogP contribution in [0, 0.1) is 13.0 Å². The Hall–Kier alpha value is -2.88. The molecule has 0 fully saturated rings. The normalized spacial score (nSPS) is 13.6. The van der Waals surface area contributed by atoms with Crippen molar-refractivity contribution in [1.82, 2.24) is 9.97 Å². The number of aliphatic hydroxyl groups excluding tert-OH is 1. The Morgan fingerprint density at radius 3 is 2.44 bits per heavy atom. The third kappa shape index (κ3) is 4.23. The van der Waals surface area contributed by atoms with Crippen molar-refractivity contribution in [3.05, 3.63) is 83.5 Å². The Morgan fingerprint density at radius 1 is 1.06 bits per heavy atom. The summed E-state index contributed by atoms with van der Waals surface area (Å²) in [5.74, 6) is -0.0625. The van der Waals surface area contributed by atoms with Crippen LogP contribution in [-0.2, 0) is 30.3 Å². The zero-order valence-electron chi connectivity index (χ0n) is 18.8. The first kappa shape index (κ1) is 23.8. The number of aryl methyl sites for hydroxylation is 1. The number of hydrogen-bond donors (Lipinski definition) is 1. The first-order chi connectivity index (χ1) is 14.7. The van der Waals surface area contributed by atoms with Gasteiger partial charge >= 0.3 is 0 Å². The minimum atomic E-state index is -0.125. The number of ketones is 1. The number of fused-ring (bicyclic) bond motifs is 3. The van der Waals surface area contributed by atoms with Crippen molar-refractivity contribution in [3.8, 4) is 11.3 Å². The molecule has 0 atom stereocenters. The molecule has 2 aromatic carbocycles. The summed E-state index contributed by atoms with van der Waals surface area (Å²) in [6.07, 6.45) is 6.80. The summed E-state index contributed by atoms with van der Waals surface area (Å²) in [5.41, 5.74) is 6.02. The SMILES string of the molecule is CC(=O)/C=C(/C)O.Cc1cc2c3c(nccc3c1)-c1[c-]c3cnccc3cc1C2(C)C.[Ir]. The van der Waals surface area contributed by atoms with Crippen molar-refractivity contribution < 1.29 is 30.0 Å². The molecule has 0 aliphatic heterocycles. The Balaban J connectivity index is 0.000000318. The summed E-state index contributed by atoms with van der Waals surface area (Å²) in [6, 6.07) is 14.6. The number of aliphatic hydroxyl groups is 1. The van der Waals surface area contributed by atoms with Gasteiger partial charge in [0.15, 0.2) is 5.78 Å². The smallest absolute Gasteiger partial charge is 0.155 e. The molecule has 1 N–H and O–H groups in total. The Labute approximate surface area is 201 Å². The number of benzene rings is 2. The molecular formula is C27H25IrN2O2-. The van der Waals surface area contributed by atoms with Gasteiger partial charge in [-0.05, 0) is 54.8 Å². The largest absolute Gasteiger partial charge is 0.512 e. The van der Waals surface area contributed by atoms with Crippen molar-refractivity contribution in [2.24, 2.45) is 0 Å². The fourth-order valence-corrected chi connectivity index (χ4v) is 4.33. The van der Waals surface area contributed by atoms with Gasteiger partial charge in [0.1, 0.15) is 0 Å². The number of allylic oxidation sites excluding steroid dienone is 2. The van der Waals surface area contributed by atoms with Gasteiger partial charge in [0.05, 0.1) is 5.76 Å². The van der Waals surface area contributed by atoms with Crippen molar-refractivity contribution in [2.75, 3.05) is 0 Å². The Morgan fingerprint density at radius 2 is 1.78 bits per heavy atom. The van der Waals surface area contributed by atoms with E-state index in [0.29, 0.717) is 0 Å². The number of aromatic nitrogens is 2. The fraction of sp³-hybridized carbons (Fsp3) is 0.222. The van der Waals surface area contributed by atoms with Crippen LogP contribution in [0.1, 0.15) is 44.4 Å². The van der Waals surface area contributed by atoms with E-state index in [2.05, 4.69) is 62.2 Å². The Bertz CT molecular complexity index is 1370. The second kappa shape index (κ2) is 8.93. The van der Waals surface area contributed by atoms with Crippen molar-refractivity contribution >= 4 is 27.3 Å². The van der Waals surface area contributed by atoms with Gasteiger partial charge in [-0.15, -0.1) is 12.1 Å².